The molecule has 2 aromatic heterocycles. The van der Waals surface area contributed by atoms with Crippen molar-refractivity contribution in [3.8, 4) is 0 Å². The highest BCUT2D eigenvalue weighted by Gasteiger charge is 2.16. The number of nitrogens with zero attached hydrogens (tertiary/aromatic N) is 6. The van der Waals surface area contributed by atoms with Gasteiger partial charge in [0, 0.05) is 12.4 Å². The molecule has 2 heterocycles. The maximum absolute atomic E-state index is 11.5. The lowest BCUT2D eigenvalue weighted by Gasteiger charge is -2.04. The predicted molar refractivity (Wildman–Crippen MR) is 56.0 cm³/mol. The van der Waals surface area contributed by atoms with Gasteiger partial charge in [-0.1, -0.05) is 0 Å². The van der Waals surface area contributed by atoms with Gasteiger partial charge in [0.05, 0.1) is 19.7 Å². The summed E-state index contributed by atoms with van der Waals surface area (Å²) in [4.78, 5) is 11.5. The van der Waals surface area contributed by atoms with E-state index < -0.39 is 5.97 Å². The molecule has 0 bridgehead atoms. The minimum absolute atomic E-state index is 0.110. The van der Waals surface area contributed by atoms with E-state index in [2.05, 4.69) is 20.6 Å². The molecule has 90 valence electrons. The lowest BCUT2D eigenvalue weighted by atomic mass is 10.5. The maximum atomic E-state index is 11.5. The minimum Gasteiger partial charge on any atom is -0.460 e. The lowest BCUT2D eigenvalue weighted by molar-refractivity contribution is 0.0503. The largest absolute Gasteiger partial charge is 0.460 e. The summed E-state index contributed by atoms with van der Waals surface area (Å²) < 4.78 is 7.97. The molecule has 0 aromatic carbocycles. The number of ether oxygens (including phenoxy) is 1. The molecule has 17 heavy (non-hydrogen) atoms. The summed E-state index contributed by atoms with van der Waals surface area (Å²) >= 11 is 0. The topological polar surface area (TPSA) is 87.7 Å². The van der Waals surface area contributed by atoms with Gasteiger partial charge in [-0.2, -0.15) is 5.10 Å². The molecule has 0 aliphatic rings. The Bertz CT molecular complexity index is 477. The highest BCUT2D eigenvalue weighted by Crippen LogP contribution is 1.97. The number of carbonyl (C=O) groups excluding carboxylic acids is 1. The van der Waals surface area contributed by atoms with Crippen LogP contribution < -0.4 is 0 Å². The molecular weight excluding hydrogens is 224 g/mol. The van der Waals surface area contributed by atoms with Crippen LogP contribution in [-0.2, 0) is 17.8 Å². The van der Waals surface area contributed by atoms with Crippen LogP contribution in [0.4, 0.5) is 0 Å². The fraction of sp³-hybridized carbons (Fsp3) is 0.444. The van der Waals surface area contributed by atoms with Gasteiger partial charge in [-0.15, -0.1) is 5.10 Å². The Kier molecular flexibility index (Phi) is 3.43. The molecule has 8 nitrogen and oxygen atoms in total. The first kappa shape index (κ1) is 11.2. The van der Waals surface area contributed by atoms with Crippen LogP contribution in [0.3, 0.4) is 0 Å². The third-order valence-corrected chi connectivity index (χ3v) is 2.09. The number of hydrogen-bond donors (Lipinski definition) is 0. The van der Waals surface area contributed by atoms with Gasteiger partial charge in [0.1, 0.15) is 0 Å². The Morgan fingerprint density at radius 3 is 3.06 bits per heavy atom. The van der Waals surface area contributed by atoms with Crippen LogP contribution in [0, 0.1) is 0 Å². The van der Waals surface area contributed by atoms with E-state index in [4.69, 9.17) is 4.74 Å². The molecular formula is C9H12N6O2. The van der Waals surface area contributed by atoms with E-state index >= 15 is 0 Å². The Labute approximate surface area is 97.2 Å². The second kappa shape index (κ2) is 5.19. The van der Waals surface area contributed by atoms with Crippen LogP contribution in [0.15, 0.2) is 18.5 Å². The highest BCUT2D eigenvalue weighted by molar-refractivity contribution is 5.85. The van der Waals surface area contributed by atoms with E-state index in [1.54, 1.807) is 17.8 Å². The van der Waals surface area contributed by atoms with E-state index in [0.717, 1.165) is 0 Å². The van der Waals surface area contributed by atoms with Crippen molar-refractivity contribution in [3.63, 3.8) is 0 Å². The molecule has 0 amide bonds. The fourth-order valence-corrected chi connectivity index (χ4v) is 1.33. The van der Waals surface area contributed by atoms with Crippen molar-refractivity contribution in [3.05, 3.63) is 24.3 Å². The predicted octanol–water partition coefficient (Wildman–Crippen LogP) is -0.254. The number of hydrogen-bond acceptors (Lipinski definition) is 6. The molecule has 0 N–H and O–H groups in total. The molecule has 0 saturated heterocycles. The van der Waals surface area contributed by atoms with Crippen LogP contribution in [0.2, 0.25) is 0 Å². The standard InChI is InChI=1S/C9H12N6O2/c1-2-17-9(16)8-11-12-13-15(8)7-6-14-5-3-4-10-14/h3-5H,2,6-7H2,1H3. The summed E-state index contributed by atoms with van der Waals surface area (Å²) in [6, 6.07) is 1.83. The first-order chi connectivity index (χ1) is 8.31. The zero-order chi connectivity index (χ0) is 12.1. The van der Waals surface area contributed by atoms with Crippen molar-refractivity contribution in [1.82, 2.24) is 30.0 Å². The monoisotopic (exact) mass is 236 g/mol. The molecule has 0 atom stereocenters. The SMILES string of the molecule is CCOC(=O)c1nnnn1CCn1cccn1. The molecule has 0 unspecified atom stereocenters. The van der Waals surface area contributed by atoms with Crippen LogP contribution >= 0.6 is 0 Å². The molecule has 0 aliphatic carbocycles. The minimum atomic E-state index is -0.516. The Morgan fingerprint density at radius 2 is 2.35 bits per heavy atom. The van der Waals surface area contributed by atoms with E-state index in [0.29, 0.717) is 19.7 Å². The highest BCUT2D eigenvalue weighted by atomic mass is 16.5. The molecule has 0 saturated carbocycles. The summed E-state index contributed by atoms with van der Waals surface area (Å²) in [6.07, 6.45) is 3.51. The average Bonchev–Trinajstić information content (AvgIpc) is 2.98. The van der Waals surface area contributed by atoms with Crippen LogP contribution in [0.1, 0.15) is 17.5 Å². The smallest absolute Gasteiger partial charge is 0.378 e. The van der Waals surface area contributed by atoms with E-state index in [1.807, 2.05) is 12.3 Å². The molecule has 0 fully saturated rings. The van der Waals surface area contributed by atoms with E-state index in [9.17, 15) is 4.79 Å². The molecule has 0 spiro atoms. The number of carbonyl (C=O) groups is 1. The summed E-state index contributed by atoms with van der Waals surface area (Å²) in [5, 5.41) is 14.9. The number of tetrazole rings is 1. The number of esters is 1. The van der Waals surface area contributed by atoms with Crippen molar-refractivity contribution in [2.24, 2.45) is 0 Å². The van der Waals surface area contributed by atoms with E-state index in [1.165, 1.54) is 4.68 Å². The number of rotatable bonds is 5. The average molecular weight is 236 g/mol. The van der Waals surface area contributed by atoms with Crippen LogP contribution in [-0.4, -0.2) is 42.6 Å². The quantitative estimate of drug-likeness (QED) is 0.665. The fourth-order valence-electron chi connectivity index (χ4n) is 1.33. The van der Waals surface area contributed by atoms with Gasteiger partial charge >= 0.3 is 5.97 Å². The third-order valence-electron chi connectivity index (χ3n) is 2.09. The second-order valence-corrected chi connectivity index (χ2v) is 3.22. The van der Waals surface area contributed by atoms with Gasteiger partial charge < -0.3 is 4.74 Å². The second-order valence-electron chi connectivity index (χ2n) is 3.22. The summed E-state index contributed by atoms with van der Waals surface area (Å²) in [5.74, 6) is -0.406. The van der Waals surface area contributed by atoms with Gasteiger partial charge in [0.2, 0.25) is 0 Å². The molecule has 8 heteroatoms. The number of aromatic nitrogens is 6. The maximum Gasteiger partial charge on any atom is 0.378 e. The van der Waals surface area contributed by atoms with Crippen molar-refractivity contribution < 1.29 is 9.53 Å². The molecule has 0 aliphatic heterocycles. The van der Waals surface area contributed by atoms with Gasteiger partial charge in [-0.05, 0) is 23.4 Å². The molecule has 2 rings (SSSR count). The number of aryl methyl sites for hydroxylation is 2. The Morgan fingerprint density at radius 1 is 1.47 bits per heavy atom. The third kappa shape index (κ3) is 2.65. The zero-order valence-electron chi connectivity index (χ0n) is 9.35. The zero-order valence-corrected chi connectivity index (χ0v) is 9.35. The van der Waals surface area contributed by atoms with Crippen LogP contribution in [0.25, 0.3) is 0 Å². The summed E-state index contributed by atoms with van der Waals surface area (Å²) in [7, 11) is 0. The van der Waals surface area contributed by atoms with Crippen molar-refractivity contribution >= 4 is 5.97 Å². The first-order valence-corrected chi connectivity index (χ1v) is 5.22. The normalized spacial score (nSPS) is 10.4. The molecule has 2 aromatic rings. The van der Waals surface area contributed by atoms with Crippen molar-refractivity contribution in [1.29, 1.82) is 0 Å². The van der Waals surface area contributed by atoms with Gasteiger partial charge in [0.25, 0.3) is 5.82 Å². The van der Waals surface area contributed by atoms with Crippen molar-refractivity contribution in [2.45, 2.75) is 20.0 Å². The van der Waals surface area contributed by atoms with E-state index in [-0.39, 0.29) is 5.82 Å². The first-order valence-electron chi connectivity index (χ1n) is 5.22. The van der Waals surface area contributed by atoms with Crippen LogP contribution in [0.5, 0.6) is 0 Å². The van der Waals surface area contributed by atoms with Gasteiger partial charge in [-0.25, -0.2) is 9.48 Å². The van der Waals surface area contributed by atoms with Crippen molar-refractivity contribution in [2.75, 3.05) is 6.61 Å². The Hall–Kier alpha value is -2.25. The molecule has 0 radical (unpaired) electrons. The van der Waals surface area contributed by atoms with Gasteiger partial charge in [-0.3, -0.25) is 4.68 Å². The van der Waals surface area contributed by atoms with Gasteiger partial charge in [0.15, 0.2) is 0 Å². The lowest BCUT2D eigenvalue weighted by Crippen LogP contribution is -2.17. The summed E-state index contributed by atoms with van der Waals surface area (Å²) in [6.45, 7) is 3.08. The Balaban J connectivity index is 2.01. The summed E-state index contributed by atoms with van der Waals surface area (Å²) in [5.41, 5.74) is 0.